The SMILES string of the molecule is CC(C)n1cc(N)cc1C(=O)Nc1c(F)cc(F)cc1Br. The van der Waals surface area contributed by atoms with Gasteiger partial charge in [0.1, 0.15) is 11.5 Å². The number of rotatable bonds is 3. The second kappa shape index (κ2) is 5.85. The van der Waals surface area contributed by atoms with E-state index in [0.29, 0.717) is 17.4 Å². The minimum Gasteiger partial charge on any atom is -0.397 e. The average Bonchev–Trinajstić information content (AvgIpc) is 2.76. The van der Waals surface area contributed by atoms with Gasteiger partial charge in [-0.25, -0.2) is 8.78 Å². The zero-order chi connectivity index (χ0) is 15.7. The Balaban J connectivity index is 2.35. The Morgan fingerprint density at radius 2 is 2.00 bits per heavy atom. The van der Waals surface area contributed by atoms with Crippen molar-refractivity contribution in [2.24, 2.45) is 0 Å². The molecule has 2 rings (SSSR count). The van der Waals surface area contributed by atoms with Crippen molar-refractivity contribution >= 4 is 33.2 Å². The Morgan fingerprint density at radius 1 is 1.33 bits per heavy atom. The van der Waals surface area contributed by atoms with Crippen molar-refractivity contribution in [3.05, 3.63) is 46.2 Å². The lowest BCUT2D eigenvalue weighted by molar-refractivity contribution is 0.101. The van der Waals surface area contributed by atoms with E-state index >= 15 is 0 Å². The number of carbonyl (C=O) groups excluding carboxylic acids is 1. The molecule has 7 heteroatoms. The summed E-state index contributed by atoms with van der Waals surface area (Å²) in [5.41, 5.74) is 6.32. The number of halogens is 3. The standard InChI is InChI=1S/C14H14BrF2N3O/c1-7(2)20-6-9(18)5-12(20)14(21)19-13-10(15)3-8(16)4-11(13)17/h3-7H,18H2,1-2H3,(H,19,21). The van der Waals surface area contributed by atoms with Crippen LogP contribution < -0.4 is 11.1 Å². The number of nitrogens with zero attached hydrogens (tertiary/aromatic N) is 1. The molecule has 0 bridgehead atoms. The number of nitrogens with one attached hydrogen (secondary N) is 1. The molecule has 1 heterocycles. The Kier molecular flexibility index (Phi) is 4.32. The molecule has 21 heavy (non-hydrogen) atoms. The van der Waals surface area contributed by atoms with Crippen LogP contribution in [0.4, 0.5) is 20.2 Å². The van der Waals surface area contributed by atoms with Crippen LogP contribution in [0, 0.1) is 11.6 Å². The number of amides is 1. The summed E-state index contributed by atoms with van der Waals surface area (Å²) in [6.45, 7) is 3.79. The van der Waals surface area contributed by atoms with Gasteiger partial charge in [-0.15, -0.1) is 0 Å². The van der Waals surface area contributed by atoms with Crippen molar-refractivity contribution in [2.75, 3.05) is 11.1 Å². The number of aromatic nitrogens is 1. The molecule has 0 aliphatic heterocycles. The highest BCUT2D eigenvalue weighted by atomic mass is 79.9. The van der Waals surface area contributed by atoms with Gasteiger partial charge in [0.25, 0.3) is 5.91 Å². The second-order valence-electron chi connectivity index (χ2n) is 4.86. The van der Waals surface area contributed by atoms with E-state index in [-0.39, 0.29) is 16.2 Å². The van der Waals surface area contributed by atoms with Crippen LogP contribution in [-0.2, 0) is 0 Å². The quantitative estimate of drug-likeness (QED) is 0.873. The highest BCUT2D eigenvalue weighted by Crippen LogP contribution is 2.28. The zero-order valence-corrected chi connectivity index (χ0v) is 13.0. The first-order chi connectivity index (χ1) is 9.79. The average molecular weight is 358 g/mol. The Bertz CT molecular complexity index is 675. The van der Waals surface area contributed by atoms with Gasteiger partial charge in [-0.3, -0.25) is 4.79 Å². The van der Waals surface area contributed by atoms with Crippen LogP contribution in [-0.4, -0.2) is 10.5 Å². The first kappa shape index (κ1) is 15.5. The van der Waals surface area contributed by atoms with Gasteiger partial charge in [-0.05, 0) is 41.9 Å². The fourth-order valence-electron chi connectivity index (χ4n) is 1.95. The van der Waals surface area contributed by atoms with Crippen LogP contribution in [0.5, 0.6) is 0 Å². The third-order valence-corrected chi connectivity index (χ3v) is 3.53. The number of benzene rings is 1. The number of hydrogen-bond donors (Lipinski definition) is 2. The molecule has 2 aromatic rings. The first-order valence-corrected chi connectivity index (χ1v) is 7.02. The summed E-state index contributed by atoms with van der Waals surface area (Å²) in [7, 11) is 0. The smallest absolute Gasteiger partial charge is 0.272 e. The molecule has 0 unspecified atom stereocenters. The lowest BCUT2D eigenvalue weighted by Crippen LogP contribution is -2.18. The normalized spacial score (nSPS) is 11.0. The van der Waals surface area contributed by atoms with Gasteiger partial charge in [-0.1, -0.05) is 0 Å². The predicted octanol–water partition coefficient (Wildman–Crippen LogP) is 3.94. The second-order valence-corrected chi connectivity index (χ2v) is 5.71. The number of anilines is 2. The zero-order valence-electron chi connectivity index (χ0n) is 11.5. The van der Waals surface area contributed by atoms with Gasteiger partial charge >= 0.3 is 0 Å². The van der Waals surface area contributed by atoms with E-state index in [1.165, 1.54) is 6.07 Å². The molecule has 0 saturated heterocycles. The molecule has 112 valence electrons. The van der Waals surface area contributed by atoms with Gasteiger partial charge < -0.3 is 15.6 Å². The highest BCUT2D eigenvalue weighted by molar-refractivity contribution is 9.10. The van der Waals surface area contributed by atoms with Crippen LogP contribution in [0.2, 0.25) is 0 Å². The number of nitrogen functional groups attached to an aromatic ring is 1. The molecule has 0 aliphatic rings. The van der Waals surface area contributed by atoms with Crippen molar-refractivity contribution in [2.45, 2.75) is 19.9 Å². The van der Waals surface area contributed by atoms with Crippen molar-refractivity contribution in [3.8, 4) is 0 Å². The van der Waals surface area contributed by atoms with Crippen LogP contribution in [0.25, 0.3) is 0 Å². The molecule has 0 saturated carbocycles. The molecular weight excluding hydrogens is 344 g/mol. The summed E-state index contributed by atoms with van der Waals surface area (Å²) in [6.07, 6.45) is 1.63. The molecular formula is C14H14BrF2N3O. The molecule has 3 N–H and O–H groups in total. The molecule has 0 atom stereocenters. The summed E-state index contributed by atoms with van der Waals surface area (Å²) < 4.78 is 28.6. The Morgan fingerprint density at radius 3 is 2.57 bits per heavy atom. The molecule has 0 spiro atoms. The summed E-state index contributed by atoms with van der Waals surface area (Å²) in [6, 6.07) is 3.31. The molecule has 1 amide bonds. The lowest BCUT2D eigenvalue weighted by Gasteiger charge is -2.13. The summed E-state index contributed by atoms with van der Waals surface area (Å²) in [5, 5.41) is 2.43. The number of hydrogen-bond acceptors (Lipinski definition) is 2. The van der Waals surface area contributed by atoms with E-state index in [2.05, 4.69) is 21.2 Å². The van der Waals surface area contributed by atoms with Crippen LogP contribution >= 0.6 is 15.9 Å². The Hall–Kier alpha value is -1.89. The number of nitrogens with two attached hydrogens (primary N) is 1. The minimum atomic E-state index is -0.856. The van der Waals surface area contributed by atoms with Gasteiger partial charge in [-0.2, -0.15) is 0 Å². The lowest BCUT2D eigenvalue weighted by atomic mass is 10.2. The van der Waals surface area contributed by atoms with Crippen molar-refractivity contribution in [3.63, 3.8) is 0 Å². The maximum Gasteiger partial charge on any atom is 0.272 e. The molecule has 1 aromatic heterocycles. The molecule has 4 nitrogen and oxygen atoms in total. The molecule has 0 aliphatic carbocycles. The Labute approximate surface area is 129 Å². The third-order valence-electron chi connectivity index (χ3n) is 2.90. The van der Waals surface area contributed by atoms with E-state index in [9.17, 15) is 13.6 Å². The van der Waals surface area contributed by atoms with Crippen molar-refractivity contribution in [1.29, 1.82) is 0 Å². The van der Waals surface area contributed by atoms with Crippen LogP contribution in [0.15, 0.2) is 28.9 Å². The summed E-state index contributed by atoms with van der Waals surface area (Å²) in [5.74, 6) is -2.11. The monoisotopic (exact) mass is 357 g/mol. The van der Waals surface area contributed by atoms with E-state index in [4.69, 9.17) is 5.73 Å². The maximum absolute atomic E-state index is 13.7. The highest BCUT2D eigenvalue weighted by Gasteiger charge is 2.18. The van der Waals surface area contributed by atoms with Gasteiger partial charge in [0.2, 0.25) is 0 Å². The van der Waals surface area contributed by atoms with Crippen molar-refractivity contribution in [1.82, 2.24) is 4.57 Å². The summed E-state index contributed by atoms with van der Waals surface area (Å²) in [4.78, 5) is 12.3. The molecule has 1 aromatic carbocycles. The topological polar surface area (TPSA) is 60.0 Å². The molecule has 0 radical (unpaired) electrons. The van der Waals surface area contributed by atoms with Crippen LogP contribution in [0.3, 0.4) is 0 Å². The largest absolute Gasteiger partial charge is 0.397 e. The van der Waals surface area contributed by atoms with E-state index in [0.717, 1.165) is 6.07 Å². The van der Waals surface area contributed by atoms with Gasteiger partial charge in [0.15, 0.2) is 5.82 Å². The maximum atomic E-state index is 13.7. The molecule has 0 fully saturated rings. The minimum absolute atomic E-state index is 0.0181. The van der Waals surface area contributed by atoms with Crippen LogP contribution in [0.1, 0.15) is 30.4 Å². The van der Waals surface area contributed by atoms with Gasteiger partial charge in [0, 0.05) is 22.8 Å². The fourth-order valence-corrected chi connectivity index (χ4v) is 2.46. The van der Waals surface area contributed by atoms with Crippen molar-refractivity contribution < 1.29 is 13.6 Å². The van der Waals surface area contributed by atoms with E-state index < -0.39 is 17.5 Å². The van der Waals surface area contributed by atoms with Gasteiger partial charge in [0.05, 0.1) is 11.4 Å². The number of carbonyl (C=O) groups is 1. The third kappa shape index (κ3) is 3.24. The van der Waals surface area contributed by atoms with E-state index in [1.807, 2.05) is 13.8 Å². The summed E-state index contributed by atoms with van der Waals surface area (Å²) >= 11 is 3.03. The fraction of sp³-hybridized carbons (Fsp3) is 0.214. The predicted molar refractivity (Wildman–Crippen MR) is 81.2 cm³/mol. The van der Waals surface area contributed by atoms with E-state index in [1.54, 1.807) is 10.8 Å². The first-order valence-electron chi connectivity index (χ1n) is 6.23.